The van der Waals surface area contributed by atoms with Crippen LogP contribution < -0.4 is 9.47 Å². The van der Waals surface area contributed by atoms with Gasteiger partial charge in [0, 0.05) is 5.56 Å². The summed E-state index contributed by atoms with van der Waals surface area (Å²) >= 11 is 0. The van der Waals surface area contributed by atoms with Crippen molar-refractivity contribution in [3.05, 3.63) is 95.9 Å². The van der Waals surface area contributed by atoms with Crippen molar-refractivity contribution in [3.63, 3.8) is 0 Å². The minimum atomic E-state index is -0.550. The number of methoxy groups -OCH3 is 2. The molecule has 32 heavy (non-hydrogen) atoms. The minimum Gasteiger partial charge on any atom is -0.493 e. The predicted octanol–water partition coefficient (Wildman–Crippen LogP) is 4.63. The topological polar surface area (TPSA) is 83.7 Å². The van der Waals surface area contributed by atoms with E-state index in [4.69, 9.17) is 18.7 Å². The van der Waals surface area contributed by atoms with Crippen LogP contribution in [0.1, 0.15) is 22.9 Å². The summed E-state index contributed by atoms with van der Waals surface area (Å²) in [6.07, 6.45) is 0. The van der Waals surface area contributed by atoms with Gasteiger partial charge < -0.3 is 18.7 Å². The molecule has 0 aliphatic rings. The Morgan fingerprint density at radius 1 is 0.875 bits per heavy atom. The van der Waals surface area contributed by atoms with E-state index in [2.05, 4.69) is 10.1 Å². The van der Waals surface area contributed by atoms with Crippen molar-refractivity contribution in [3.8, 4) is 22.9 Å². The molecule has 0 aliphatic heterocycles. The molecule has 162 valence electrons. The van der Waals surface area contributed by atoms with Crippen molar-refractivity contribution in [1.29, 1.82) is 0 Å². The van der Waals surface area contributed by atoms with E-state index in [0.29, 0.717) is 22.9 Å². The van der Waals surface area contributed by atoms with Crippen molar-refractivity contribution in [2.24, 2.45) is 0 Å². The van der Waals surface area contributed by atoms with Crippen molar-refractivity contribution in [2.45, 2.75) is 12.5 Å². The van der Waals surface area contributed by atoms with Crippen molar-refractivity contribution in [2.75, 3.05) is 14.2 Å². The first-order chi connectivity index (χ1) is 15.7. The average molecular weight is 430 g/mol. The zero-order valence-corrected chi connectivity index (χ0v) is 17.7. The van der Waals surface area contributed by atoms with Crippen molar-refractivity contribution < 1.29 is 23.5 Å². The summed E-state index contributed by atoms with van der Waals surface area (Å²) in [6.45, 7) is -0.130. The van der Waals surface area contributed by atoms with Crippen LogP contribution in [0.15, 0.2) is 83.4 Å². The summed E-state index contributed by atoms with van der Waals surface area (Å²) in [5.74, 6) is 0.764. The maximum atomic E-state index is 13.0. The van der Waals surface area contributed by atoms with Crippen LogP contribution in [-0.2, 0) is 16.1 Å². The van der Waals surface area contributed by atoms with Crippen LogP contribution in [0.25, 0.3) is 11.4 Å². The van der Waals surface area contributed by atoms with Gasteiger partial charge in [0.2, 0.25) is 5.82 Å². The number of aromatic nitrogens is 2. The van der Waals surface area contributed by atoms with Crippen LogP contribution in [0.2, 0.25) is 0 Å². The van der Waals surface area contributed by atoms with Crippen molar-refractivity contribution in [1.82, 2.24) is 10.1 Å². The number of nitrogens with zero attached hydrogens (tertiary/aromatic N) is 2. The molecule has 0 atom stereocenters. The van der Waals surface area contributed by atoms with Gasteiger partial charge >= 0.3 is 5.97 Å². The van der Waals surface area contributed by atoms with Gasteiger partial charge in [0.15, 0.2) is 18.1 Å². The highest BCUT2D eigenvalue weighted by atomic mass is 16.6. The number of benzene rings is 3. The first kappa shape index (κ1) is 21.1. The molecule has 0 fully saturated rings. The van der Waals surface area contributed by atoms with E-state index in [9.17, 15) is 4.79 Å². The maximum Gasteiger partial charge on any atom is 0.318 e. The van der Waals surface area contributed by atoms with Crippen LogP contribution >= 0.6 is 0 Å². The zero-order chi connectivity index (χ0) is 22.3. The predicted molar refractivity (Wildman–Crippen MR) is 117 cm³/mol. The number of ether oxygens (including phenoxy) is 3. The highest BCUT2D eigenvalue weighted by molar-refractivity contribution is 5.82. The summed E-state index contributed by atoms with van der Waals surface area (Å²) in [6, 6.07) is 24.3. The molecular formula is C25H22N2O5. The Balaban J connectivity index is 1.50. The molecule has 0 bridgehead atoms. The van der Waals surface area contributed by atoms with Crippen LogP contribution in [0.4, 0.5) is 0 Å². The van der Waals surface area contributed by atoms with Gasteiger partial charge in [-0.1, -0.05) is 65.8 Å². The molecular weight excluding hydrogens is 408 g/mol. The molecule has 1 heterocycles. The van der Waals surface area contributed by atoms with Gasteiger partial charge in [0.25, 0.3) is 5.89 Å². The van der Waals surface area contributed by atoms with Crippen LogP contribution in [0, 0.1) is 0 Å². The Morgan fingerprint density at radius 3 is 2.09 bits per heavy atom. The second-order valence-corrected chi connectivity index (χ2v) is 6.94. The van der Waals surface area contributed by atoms with E-state index in [1.165, 1.54) is 0 Å². The van der Waals surface area contributed by atoms with Gasteiger partial charge in [-0.15, -0.1) is 0 Å². The van der Waals surface area contributed by atoms with E-state index in [-0.39, 0.29) is 12.5 Å². The molecule has 4 aromatic rings. The standard InChI is InChI=1S/C25H22N2O5/c1-29-20-14-13-19(15-21(20)30-2)24-26-22(32-27-24)16-31-25(28)23(17-9-5-3-6-10-17)18-11-7-4-8-12-18/h3-15,23H,16H2,1-2H3. The molecule has 1 aromatic heterocycles. The number of rotatable bonds is 8. The summed E-state index contributed by atoms with van der Waals surface area (Å²) in [7, 11) is 3.12. The highest BCUT2D eigenvalue weighted by Crippen LogP contribution is 2.31. The third kappa shape index (κ3) is 4.62. The van der Waals surface area contributed by atoms with Gasteiger partial charge in [-0.05, 0) is 29.3 Å². The fourth-order valence-electron chi connectivity index (χ4n) is 3.38. The lowest BCUT2D eigenvalue weighted by atomic mass is 9.91. The quantitative estimate of drug-likeness (QED) is 0.377. The van der Waals surface area contributed by atoms with Crippen LogP contribution in [-0.4, -0.2) is 30.3 Å². The second-order valence-electron chi connectivity index (χ2n) is 6.94. The summed E-state index contributed by atoms with van der Waals surface area (Å²) in [5.41, 5.74) is 2.39. The van der Waals surface area contributed by atoms with Gasteiger partial charge in [-0.2, -0.15) is 4.98 Å². The van der Waals surface area contributed by atoms with Crippen molar-refractivity contribution >= 4 is 5.97 Å². The molecule has 4 rings (SSSR count). The molecule has 0 aliphatic carbocycles. The smallest absolute Gasteiger partial charge is 0.318 e. The average Bonchev–Trinajstić information content (AvgIpc) is 3.33. The van der Waals surface area contributed by atoms with E-state index in [0.717, 1.165) is 11.1 Å². The summed E-state index contributed by atoms with van der Waals surface area (Å²) in [4.78, 5) is 17.3. The molecule has 0 unspecified atom stereocenters. The Labute approximate surface area is 185 Å². The number of carbonyl (C=O) groups is 1. The van der Waals surface area contributed by atoms with Crippen LogP contribution in [0.3, 0.4) is 0 Å². The maximum absolute atomic E-state index is 13.0. The van der Waals surface area contributed by atoms with Gasteiger partial charge in [-0.25, -0.2) is 0 Å². The third-order valence-electron chi connectivity index (χ3n) is 4.95. The van der Waals surface area contributed by atoms with Gasteiger partial charge in [-0.3, -0.25) is 4.79 Å². The number of hydrogen-bond acceptors (Lipinski definition) is 7. The fourth-order valence-corrected chi connectivity index (χ4v) is 3.38. The lowest BCUT2D eigenvalue weighted by Crippen LogP contribution is -2.17. The second kappa shape index (κ2) is 9.78. The minimum absolute atomic E-state index is 0.130. The molecule has 0 N–H and O–H groups in total. The molecule has 0 amide bonds. The first-order valence-corrected chi connectivity index (χ1v) is 10.0. The molecule has 0 radical (unpaired) electrons. The van der Waals surface area contributed by atoms with Gasteiger partial charge in [0.05, 0.1) is 14.2 Å². The van der Waals surface area contributed by atoms with E-state index in [1.54, 1.807) is 32.4 Å². The lowest BCUT2D eigenvalue weighted by Gasteiger charge is -2.16. The number of esters is 1. The molecule has 7 nitrogen and oxygen atoms in total. The van der Waals surface area contributed by atoms with Gasteiger partial charge in [0.1, 0.15) is 5.92 Å². The highest BCUT2D eigenvalue weighted by Gasteiger charge is 2.25. The Kier molecular flexibility index (Phi) is 6.46. The monoisotopic (exact) mass is 430 g/mol. The number of hydrogen-bond donors (Lipinski definition) is 0. The van der Waals surface area contributed by atoms with E-state index < -0.39 is 11.9 Å². The molecule has 3 aromatic carbocycles. The van der Waals surface area contributed by atoms with E-state index >= 15 is 0 Å². The summed E-state index contributed by atoms with van der Waals surface area (Å²) in [5, 5.41) is 3.98. The molecule has 0 saturated carbocycles. The molecule has 0 spiro atoms. The van der Waals surface area contributed by atoms with Crippen LogP contribution in [0.5, 0.6) is 11.5 Å². The normalized spacial score (nSPS) is 10.7. The van der Waals surface area contributed by atoms with E-state index in [1.807, 2.05) is 60.7 Å². The Morgan fingerprint density at radius 2 is 1.50 bits per heavy atom. The summed E-state index contributed by atoms with van der Waals surface area (Å²) < 4.78 is 21.4. The lowest BCUT2D eigenvalue weighted by molar-refractivity contribution is -0.146. The SMILES string of the molecule is COc1ccc(-c2noc(COC(=O)C(c3ccccc3)c3ccccc3)n2)cc1OC. The largest absolute Gasteiger partial charge is 0.493 e. The zero-order valence-electron chi connectivity index (χ0n) is 17.7. The third-order valence-corrected chi connectivity index (χ3v) is 4.95. The molecule has 7 heteroatoms. The first-order valence-electron chi connectivity index (χ1n) is 10.0. The fraction of sp³-hybridized carbons (Fsp3) is 0.160. The number of carbonyl (C=O) groups excluding carboxylic acids is 1. The Hall–Kier alpha value is -4.13. The Bertz CT molecular complexity index is 1140. The molecule has 0 saturated heterocycles.